The van der Waals surface area contributed by atoms with Crippen LogP contribution in [0, 0.1) is 0 Å². The fraction of sp³-hybridized carbons (Fsp3) is 0.500. The van der Waals surface area contributed by atoms with Crippen molar-refractivity contribution in [2.24, 2.45) is 4.99 Å². The fourth-order valence-corrected chi connectivity index (χ4v) is 4.19. The molecule has 0 saturated heterocycles. The minimum Gasteiger partial charge on any atom is -0.494 e. The number of benzene rings is 2. The van der Waals surface area contributed by atoms with Gasteiger partial charge in [0.25, 0.3) is 5.91 Å². The lowest BCUT2D eigenvalue weighted by atomic mass is 9.94. The van der Waals surface area contributed by atoms with E-state index in [-0.39, 0.29) is 32.6 Å². The lowest BCUT2D eigenvalue weighted by Crippen LogP contribution is -2.47. The van der Waals surface area contributed by atoms with Gasteiger partial charge in [-0.2, -0.15) is 0 Å². The smallest absolute Gasteiger partial charge is 0.306 e. The van der Waals surface area contributed by atoms with Crippen LogP contribution in [0.15, 0.2) is 41.4 Å². The predicted octanol–water partition coefficient (Wildman–Crippen LogP) is 3.43. The molecule has 41 heavy (non-hydrogen) atoms. The summed E-state index contributed by atoms with van der Waals surface area (Å²) in [6.45, 7) is 5.92. The van der Waals surface area contributed by atoms with E-state index in [0.29, 0.717) is 47.5 Å². The topological polar surface area (TPSA) is 134 Å². The number of methoxy groups -OCH3 is 3. The zero-order valence-electron chi connectivity index (χ0n) is 24.6. The first kappa shape index (κ1) is 31.5. The molecule has 0 unspecified atom stereocenters. The van der Waals surface area contributed by atoms with Crippen LogP contribution in [0.3, 0.4) is 0 Å². The predicted molar refractivity (Wildman–Crippen MR) is 152 cm³/mol. The van der Waals surface area contributed by atoms with Crippen molar-refractivity contribution in [1.29, 1.82) is 0 Å². The summed E-state index contributed by atoms with van der Waals surface area (Å²) in [6.07, 6.45) is 0.602. The molecule has 0 aromatic heterocycles. The van der Waals surface area contributed by atoms with Crippen LogP contribution in [0.5, 0.6) is 23.0 Å². The molecule has 224 valence electrons. The van der Waals surface area contributed by atoms with Gasteiger partial charge in [-0.15, -0.1) is 0 Å². The molecule has 1 amide bonds. The van der Waals surface area contributed by atoms with Crippen LogP contribution in [0.2, 0.25) is 0 Å². The van der Waals surface area contributed by atoms with E-state index >= 15 is 0 Å². The van der Waals surface area contributed by atoms with Gasteiger partial charge in [-0.05, 0) is 69.2 Å². The Bertz CT molecular complexity index is 1200. The number of aliphatic hydroxyl groups is 1. The van der Waals surface area contributed by atoms with Crippen LogP contribution in [-0.4, -0.2) is 75.2 Å². The number of ether oxygens (including phenoxy) is 6. The Kier molecular flexibility index (Phi) is 10.8. The summed E-state index contributed by atoms with van der Waals surface area (Å²) in [5.41, 5.74) is -0.616. The molecule has 0 fully saturated rings. The molecule has 11 nitrogen and oxygen atoms in total. The molecule has 1 heterocycles. The average molecular weight is 573 g/mol. The van der Waals surface area contributed by atoms with Gasteiger partial charge < -0.3 is 38.8 Å². The van der Waals surface area contributed by atoms with Gasteiger partial charge in [0, 0.05) is 31.6 Å². The average Bonchev–Trinajstić information content (AvgIpc) is 3.39. The number of carbonyl (C=O) groups excluding carboxylic acids is 2. The van der Waals surface area contributed by atoms with Crippen molar-refractivity contribution in [3.63, 3.8) is 0 Å². The summed E-state index contributed by atoms with van der Waals surface area (Å²) < 4.78 is 33.2. The molecule has 2 N–H and O–H groups in total. The van der Waals surface area contributed by atoms with Crippen molar-refractivity contribution < 1.29 is 43.1 Å². The van der Waals surface area contributed by atoms with Gasteiger partial charge in [-0.25, -0.2) is 4.99 Å². The van der Waals surface area contributed by atoms with Crippen LogP contribution in [-0.2, 0) is 25.6 Å². The summed E-state index contributed by atoms with van der Waals surface area (Å²) in [7, 11) is 4.56. The molecular formula is C30H40N2O9. The molecule has 2 aromatic carbocycles. The minimum absolute atomic E-state index is 0.0212. The number of amides is 1. The van der Waals surface area contributed by atoms with Gasteiger partial charge in [0.1, 0.15) is 18.0 Å². The van der Waals surface area contributed by atoms with E-state index < -0.39 is 23.0 Å². The van der Waals surface area contributed by atoms with Gasteiger partial charge in [0.15, 0.2) is 17.0 Å². The summed E-state index contributed by atoms with van der Waals surface area (Å²) in [6, 6.07) is 10.6. The molecule has 0 saturated carbocycles. The third-order valence-electron chi connectivity index (χ3n) is 6.20. The van der Waals surface area contributed by atoms with E-state index in [2.05, 4.69) is 5.32 Å². The maximum atomic E-state index is 13.7. The van der Waals surface area contributed by atoms with Crippen molar-refractivity contribution >= 4 is 17.8 Å². The van der Waals surface area contributed by atoms with Gasteiger partial charge >= 0.3 is 5.97 Å². The van der Waals surface area contributed by atoms with E-state index in [1.807, 2.05) is 0 Å². The molecule has 0 aliphatic carbocycles. The number of hydrogen-bond acceptors (Lipinski definition) is 10. The monoisotopic (exact) mass is 572 g/mol. The molecule has 0 spiro atoms. The Labute approximate surface area is 240 Å². The molecule has 11 heteroatoms. The highest BCUT2D eigenvalue weighted by Crippen LogP contribution is 2.38. The summed E-state index contributed by atoms with van der Waals surface area (Å²) in [5, 5.41) is 11.9. The molecule has 0 bridgehead atoms. The zero-order valence-corrected chi connectivity index (χ0v) is 24.6. The van der Waals surface area contributed by atoms with Gasteiger partial charge in [0.2, 0.25) is 11.6 Å². The summed E-state index contributed by atoms with van der Waals surface area (Å²) >= 11 is 0. The van der Waals surface area contributed by atoms with E-state index in [9.17, 15) is 9.59 Å². The Balaban J connectivity index is 1.82. The molecule has 1 aliphatic rings. The Hall–Kier alpha value is -3.99. The van der Waals surface area contributed by atoms with Crippen molar-refractivity contribution in [3.8, 4) is 23.0 Å². The second-order valence-electron chi connectivity index (χ2n) is 10.5. The molecule has 1 aliphatic heterocycles. The van der Waals surface area contributed by atoms with E-state index in [1.165, 1.54) is 21.3 Å². The quantitative estimate of drug-likeness (QED) is 0.258. The number of carbonyl (C=O) groups is 2. The van der Waals surface area contributed by atoms with Gasteiger partial charge in [-0.1, -0.05) is 0 Å². The number of hydrogen-bond donors (Lipinski definition) is 2. The van der Waals surface area contributed by atoms with Crippen LogP contribution in [0.4, 0.5) is 0 Å². The summed E-state index contributed by atoms with van der Waals surface area (Å²) in [5.74, 6) is 1.48. The third-order valence-corrected chi connectivity index (χ3v) is 6.20. The largest absolute Gasteiger partial charge is 0.494 e. The number of rotatable bonds is 14. The first-order valence-corrected chi connectivity index (χ1v) is 13.4. The first-order valence-electron chi connectivity index (χ1n) is 13.4. The second kappa shape index (κ2) is 14.1. The van der Waals surface area contributed by atoms with E-state index in [4.69, 9.17) is 38.5 Å². The third kappa shape index (κ3) is 8.50. The Morgan fingerprint density at radius 3 is 2.27 bits per heavy atom. The van der Waals surface area contributed by atoms with E-state index in [1.54, 1.807) is 57.2 Å². The second-order valence-corrected chi connectivity index (χ2v) is 10.5. The van der Waals surface area contributed by atoms with Crippen LogP contribution >= 0.6 is 0 Å². The summed E-state index contributed by atoms with van der Waals surface area (Å²) in [4.78, 5) is 30.9. The fourth-order valence-electron chi connectivity index (χ4n) is 4.19. The maximum Gasteiger partial charge on any atom is 0.306 e. The molecule has 2 aromatic rings. The maximum absolute atomic E-state index is 13.7. The highest BCUT2D eigenvalue weighted by molar-refractivity contribution is 6.00. The van der Waals surface area contributed by atoms with Crippen molar-refractivity contribution in [2.75, 3.05) is 41.2 Å². The van der Waals surface area contributed by atoms with Gasteiger partial charge in [0.05, 0.1) is 27.9 Å². The Morgan fingerprint density at radius 2 is 1.71 bits per heavy atom. The number of esters is 1. The number of aliphatic hydroxyl groups excluding tert-OH is 1. The van der Waals surface area contributed by atoms with Gasteiger partial charge in [-0.3, -0.25) is 9.59 Å². The normalized spacial score (nSPS) is 16.3. The lowest BCUT2D eigenvalue weighted by Gasteiger charge is -2.24. The molecule has 0 radical (unpaired) electrons. The minimum atomic E-state index is -1.34. The van der Waals surface area contributed by atoms with Crippen molar-refractivity contribution in [2.45, 2.75) is 57.7 Å². The standard InChI is InChI=1S/C30H40N2O9/c1-29(2,3)41-25(34)12-13-30(19-40-27(32-30)21-8-10-22(11-9-21)39-15-7-14-33)28(35)31-18-20-16-23(36-4)26(38-6)24(17-20)37-5/h8-11,16-17,33H,7,12-15,18-19H2,1-6H3,(H,31,35)/t30-/m1/s1. The number of nitrogens with one attached hydrogen (secondary N) is 1. The zero-order chi connectivity index (χ0) is 30.0. The van der Waals surface area contributed by atoms with Crippen LogP contribution in [0.25, 0.3) is 0 Å². The van der Waals surface area contributed by atoms with Crippen LogP contribution in [0.1, 0.15) is 51.2 Å². The highest BCUT2D eigenvalue weighted by Gasteiger charge is 2.44. The highest BCUT2D eigenvalue weighted by atomic mass is 16.6. The number of aliphatic imine (C=N–C) groups is 1. The van der Waals surface area contributed by atoms with Crippen molar-refractivity contribution in [1.82, 2.24) is 5.32 Å². The lowest BCUT2D eigenvalue weighted by molar-refractivity contribution is -0.155. The molecule has 3 rings (SSSR count). The van der Waals surface area contributed by atoms with Crippen molar-refractivity contribution in [3.05, 3.63) is 47.5 Å². The number of nitrogens with zero attached hydrogens (tertiary/aromatic N) is 1. The Morgan fingerprint density at radius 1 is 1.05 bits per heavy atom. The van der Waals surface area contributed by atoms with Crippen LogP contribution < -0.4 is 24.3 Å². The molecular weight excluding hydrogens is 532 g/mol. The molecule has 1 atom stereocenters. The SMILES string of the molecule is COc1cc(CNC(=O)[C@@]2(CCC(=O)OC(C)(C)C)COC(c3ccc(OCCCO)cc3)=N2)cc(OC)c1OC. The van der Waals surface area contributed by atoms with E-state index in [0.717, 1.165) is 5.56 Å². The first-order chi connectivity index (χ1) is 19.5.